The molecule has 0 aromatic heterocycles. The monoisotopic (exact) mass is 297 g/mol. The lowest BCUT2D eigenvalue weighted by molar-refractivity contribution is 0.197. The molecule has 0 saturated carbocycles. The van der Waals surface area contributed by atoms with Gasteiger partial charge in [0.1, 0.15) is 0 Å². The van der Waals surface area contributed by atoms with E-state index >= 15 is 0 Å². The van der Waals surface area contributed by atoms with E-state index in [1.54, 1.807) is 25.2 Å². The van der Waals surface area contributed by atoms with Crippen molar-refractivity contribution in [2.45, 2.75) is 30.3 Å². The molecule has 0 atom stereocenters. The molecule has 1 aliphatic heterocycles. The standard InChI is InChI=1S/C14H23N3O2S/c1-16-8-6-13(7-9-16)17(2)20(18,19)14-5-3-4-12(10-14)11-15/h3-5,10,13H,6-9,11,15H2,1-2H3. The van der Waals surface area contributed by atoms with Crippen LogP contribution in [0.2, 0.25) is 0 Å². The van der Waals surface area contributed by atoms with E-state index in [-0.39, 0.29) is 6.04 Å². The van der Waals surface area contributed by atoms with Gasteiger partial charge in [0.2, 0.25) is 10.0 Å². The molecule has 1 aromatic carbocycles. The van der Waals surface area contributed by atoms with Crippen LogP contribution < -0.4 is 5.73 Å². The maximum absolute atomic E-state index is 12.7. The predicted molar refractivity (Wildman–Crippen MR) is 79.8 cm³/mol. The van der Waals surface area contributed by atoms with Gasteiger partial charge in [0.15, 0.2) is 0 Å². The number of likely N-dealkylation sites (tertiary alicyclic amines) is 1. The Morgan fingerprint density at radius 3 is 2.60 bits per heavy atom. The lowest BCUT2D eigenvalue weighted by Crippen LogP contribution is -2.44. The molecular weight excluding hydrogens is 274 g/mol. The van der Waals surface area contributed by atoms with E-state index in [4.69, 9.17) is 5.73 Å². The molecule has 0 bridgehead atoms. The lowest BCUT2D eigenvalue weighted by Gasteiger charge is -2.34. The topological polar surface area (TPSA) is 66.6 Å². The zero-order chi connectivity index (χ0) is 14.8. The highest BCUT2D eigenvalue weighted by Crippen LogP contribution is 2.22. The summed E-state index contributed by atoms with van der Waals surface area (Å²) in [4.78, 5) is 2.56. The van der Waals surface area contributed by atoms with E-state index in [9.17, 15) is 8.42 Å². The van der Waals surface area contributed by atoms with Crippen molar-refractivity contribution in [2.24, 2.45) is 5.73 Å². The molecule has 20 heavy (non-hydrogen) atoms. The van der Waals surface area contributed by atoms with E-state index in [1.807, 2.05) is 6.07 Å². The molecule has 0 radical (unpaired) electrons. The van der Waals surface area contributed by atoms with E-state index in [2.05, 4.69) is 11.9 Å². The van der Waals surface area contributed by atoms with Crippen LogP contribution in [0.1, 0.15) is 18.4 Å². The van der Waals surface area contributed by atoms with E-state index in [0.717, 1.165) is 31.5 Å². The maximum Gasteiger partial charge on any atom is 0.243 e. The Kier molecular flexibility index (Phi) is 4.80. The molecule has 0 unspecified atom stereocenters. The van der Waals surface area contributed by atoms with Gasteiger partial charge in [0.25, 0.3) is 0 Å². The predicted octanol–water partition coefficient (Wildman–Crippen LogP) is 0.860. The van der Waals surface area contributed by atoms with Crippen molar-refractivity contribution in [3.8, 4) is 0 Å². The van der Waals surface area contributed by atoms with Gasteiger partial charge in [-0.1, -0.05) is 12.1 Å². The smallest absolute Gasteiger partial charge is 0.243 e. The van der Waals surface area contributed by atoms with Gasteiger partial charge in [0.05, 0.1) is 4.90 Å². The molecule has 1 aliphatic rings. The van der Waals surface area contributed by atoms with Crippen LogP contribution in [0.15, 0.2) is 29.2 Å². The second-order valence-corrected chi connectivity index (χ2v) is 7.40. The average molecular weight is 297 g/mol. The van der Waals surface area contributed by atoms with Gasteiger partial charge in [-0.15, -0.1) is 0 Å². The van der Waals surface area contributed by atoms with Crippen LogP contribution in [-0.4, -0.2) is 50.8 Å². The summed E-state index contributed by atoms with van der Waals surface area (Å²) in [6, 6.07) is 6.98. The highest BCUT2D eigenvalue weighted by atomic mass is 32.2. The largest absolute Gasteiger partial charge is 0.326 e. The Labute approximate surface area is 121 Å². The van der Waals surface area contributed by atoms with Gasteiger partial charge in [0, 0.05) is 19.6 Å². The van der Waals surface area contributed by atoms with E-state index in [1.165, 1.54) is 4.31 Å². The zero-order valence-electron chi connectivity index (χ0n) is 12.1. The molecule has 1 fully saturated rings. The normalized spacial score (nSPS) is 18.6. The van der Waals surface area contributed by atoms with Crippen molar-refractivity contribution < 1.29 is 8.42 Å². The highest BCUT2D eigenvalue weighted by molar-refractivity contribution is 7.89. The molecule has 2 rings (SSSR count). The molecule has 0 spiro atoms. The minimum absolute atomic E-state index is 0.0812. The molecule has 5 nitrogen and oxygen atoms in total. The summed E-state index contributed by atoms with van der Waals surface area (Å²) in [7, 11) is 0.316. The number of sulfonamides is 1. The molecular formula is C14H23N3O2S. The molecule has 1 heterocycles. The van der Waals surface area contributed by atoms with Crippen molar-refractivity contribution >= 4 is 10.0 Å². The fourth-order valence-electron chi connectivity index (χ4n) is 2.55. The van der Waals surface area contributed by atoms with Gasteiger partial charge in [-0.25, -0.2) is 8.42 Å². The summed E-state index contributed by atoms with van der Waals surface area (Å²) in [6.45, 7) is 2.22. The van der Waals surface area contributed by atoms with Crippen molar-refractivity contribution in [3.63, 3.8) is 0 Å². The fraction of sp³-hybridized carbons (Fsp3) is 0.571. The Balaban J connectivity index is 2.20. The number of piperidine rings is 1. The third-order valence-electron chi connectivity index (χ3n) is 4.01. The van der Waals surface area contributed by atoms with Crippen molar-refractivity contribution in [3.05, 3.63) is 29.8 Å². The summed E-state index contributed by atoms with van der Waals surface area (Å²) in [5, 5.41) is 0. The molecule has 6 heteroatoms. The zero-order valence-corrected chi connectivity index (χ0v) is 12.9. The quantitative estimate of drug-likeness (QED) is 0.895. The van der Waals surface area contributed by atoms with Crippen LogP contribution in [0, 0.1) is 0 Å². The second kappa shape index (κ2) is 6.22. The van der Waals surface area contributed by atoms with E-state index in [0.29, 0.717) is 11.4 Å². The number of hydrogen-bond donors (Lipinski definition) is 1. The van der Waals surface area contributed by atoms with E-state index < -0.39 is 10.0 Å². The summed E-state index contributed by atoms with van der Waals surface area (Å²) < 4.78 is 26.8. The number of benzene rings is 1. The Bertz CT molecular complexity index is 551. The Morgan fingerprint density at radius 1 is 1.35 bits per heavy atom. The first-order chi connectivity index (χ1) is 9.45. The summed E-state index contributed by atoms with van der Waals surface area (Å²) in [5.41, 5.74) is 6.42. The molecule has 1 aromatic rings. The van der Waals surface area contributed by atoms with Gasteiger partial charge >= 0.3 is 0 Å². The van der Waals surface area contributed by atoms with Gasteiger partial charge < -0.3 is 10.6 Å². The average Bonchev–Trinajstić information content (AvgIpc) is 2.47. The number of hydrogen-bond acceptors (Lipinski definition) is 4. The third-order valence-corrected chi connectivity index (χ3v) is 5.92. The van der Waals surface area contributed by atoms with Crippen LogP contribution in [0.3, 0.4) is 0 Å². The Hall–Kier alpha value is -0.950. The summed E-state index contributed by atoms with van der Waals surface area (Å²) >= 11 is 0. The number of rotatable bonds is 4. The number of nitrogens with two attached hydrogens (primary N) is 1. The summed E-state index contributed by atoms with van der Waals surface area (Å²) in [5.74, 6) is 0. The van der Waals surface area contributed by atoms with Crippen LogP contribution >= 0.6 is 0 Å². The first kappa shape index (κ1) is 15.4. The van der Waals surface area contributed by atoms with Gasteiger partial charge in [-0.2, -0.15) is 4.31 Å². The molecule has 0 amide bonds. The molecule has 1 saturated heterocycles. The Morgan fingerprint density at radius 2 is 2.00 bits per heavy atom. The van der Waals surface area contributed by atoms with Crippen LogP contribution in [-0.2, 0) is 16.6 Å². The van der Waals surface area contributed by atoms with Crippen LogP contribution in [0.4, 0.5) is 0 Å². The SMILES string of the molecule is CN1CCC(N(C)S(=O)(=O)c2cccc(CN)c2)CC1. The van der Waals surface area contributed by atoms with Gasteiger partial charge in [-0.05, 0) is 50.7 Å². The maximum atomic E-state index is 12.7. The van der Waals surface area contributed by atoms with Crippen molar-refractivity contribution in [2.75, 3.05) is 27.2 Å². The minimum atomic E-state index is -3.43. The van der Waals surface area contributed by atoms with Gasteiger partial charge in [-0.3, -0.25) is 0 Å². The lowest BCUT2D eigenvalue weighted by atomic mass is 10.1. The first-order valence-electron chi connectivity index (χ1n) is 6.90. The second-order valence-electron chi connectivity index (χ2n) is 5.41. The van der Waals surface area contributed by atoms with Crippen molar-refractivity contribution in [1.29, 1.82) is 0 Å². The first-order valence-corrected chi connectivity index (χ1v) is 8.34. The van der Waals surface area contributed by atoms with Crippen LogP contribution in [0.5, 0.6) is 0 Å². The fourth-order valence-corrected chi connectivity index (χ4v) is 4.04. The molecule has 0 aliphatic carbocycles. The highest BCUT2D eigenvalue weighted by Gasteiger charge is 2.30. The number of nitrogens with zero attached hydrogens (tertiary/aromatic N) is 2. The summed E-state index contributed by atoms with van der Waals surface area (Å²) in [6.07, 6.45) is 1.76. The third kappa shape index (κ3) is 3.20. The molecule has 112 valence electrons. The molecule has 2 N–H and O–H groups in total. The van der Waals surface area contributed by atoms with Crippen LogP contribution in [0.25, 0.3) is 0 Å². The minimum Gasteiger partial charge on any atom is -0.326 e. The van der Waals surface area contributed by atoms with Crippen molar-refractivity contribution in [1.82, 2.24) is 9.21 Å².